The molecule has 0 saturated heterocycles. The SMILES string of the molecule is CNc1cccnc1C1=CCCC1. The first kappa shape index (κ1) is 8.30. The van der Waals surface area contributed by atoms with Crippen molar-refractivity contribution in [2.75, 3.05) is 12.4 Å². The third kappa shape index (κ3) is 1.57. The first-order chi connectivity index (χ1) is 6.42. The summed E-state index contributed by atoms with van der Waals surface area (Å²) < 4.78 is 0. The Morgan fingerprint density at radius 3 is 3.08 bits per heavy atom. The zero-order valence-electron chi connectivity index (χ0n) is 7.88. The molecule has 1 aliphatic rings. The van der Waals surface area contributed by atoms with Crippen LogP contribution in [0.3, 0.4) is 0 Å². The Hall–Kier alpha value is -1.31. The van der Waals surface area contributed by atoms with Crippen molar-refractivity contribution in [3.8, 4) is 0 Å². The molecular weight excluding hydrogens is 160 g/mol. The highest BCUT2D eigenvalue weighted by molar-refractivity contribution is 5.74. The average Bonchev–Trinajstić information content (AvgIpc) is 2.70. The van der Waals surface area contributed by atoms with Crippen molar-refractivity contribution in [2.24, 2.45) is 0 Å². The highest BCUT2D eigenvalue weighted by atomic mass is 14.9. The molecule has 13 heavy (non-hydrogen) atoms. The summed E-state index contributed by atoms with van der Waals surface area (Å²) in [6.07, 6.45) is 7.80. The van der Waals surface area contributed by atoms with Crippen LogP contribution in [-0.2, 0) is 0 Å². The summed E-state index contributed by atoms with van der Waals surface area (Å²) in [4.78, 5) is 4.40. The fraction of sp³-hybridized carbons (Fsp3) is 0.364. The van der Waals surface area contributed by atoms with Gasteiger partial charge < -0.3 is 5.32 Å². The predicted molar refractivity (Wildman–Crippen MR) is 55.6 cm³/mol. The molecule has 1 aromatic rings. The molecule has 0 fully saturated rings. The number of nitrogens with one attached hydrogen (secondary N) is 1. The van der Waals surface area contributed by atoms with Gasteiger partial charge in [0.1, 0.15) is 0 Å². The Balaban J connectivity index is 2.38. The number of pyridine rings is 1. The Morgan fingerprint density at radius 1 is 1.46 bits per heavy atom. The van der Waals surface area contributed by atoms with Crippen molar-refractivity contribution < 1.29 is 0 Å². The molecule has 0 atom stereocenters. The zero-order chi connectivity index (χ0) is 9.10. The molecule has 0 unspecified atom stereocenters. The van der Waals surface area contributed by atoms with Gasteiger partial charge >= 0.3 is 0 Å². The third-order valence-electron chi connectivity index (χ3n) is 2.42. The molecule has 2 nitrogen and oxygen atoms in total. The van der Waals surface area contributed by atoms with Gasteiger partial charge in [-0.2, -0.15) is 0 Å². The van der Waals surface area contributed by atoms with Crippen LogP contribution in [0.15, 0.2) is 24.4 Å². The number of rotatable bonds is 2. The van der Waals surface area contributed by atoms with Gasteiger partial charge in [0.05, 0.1) is 11.4 Å². The van der Waals surface area contributed by atoms with Gasteiger partial charge in [0.2, 0.25) is 0 Å². The average molecular weight is 174 g/mol. The number of allylic oxidation sites excluding steroid dienone is 2. The summed E-state index contributed by atoms with van der Waals surface area (Å²) in [7, 11) is 1.94. The first-order valence-corrected chi connectivity index (χ1v) is 4.74. The smallest absolute Gasteiger partial charge is 0.0889 e. The van der Waals surface area contributed by atoms with Crippen LogP contribution in [0.1, 0.15) is 25.0 Å². The van der Waals surface area contributed by atoms with E-state index >= 15 is 0 Å². The van der Waals surface area contributed by atoms with Gasteiger partial charge in [0.15, 0.2) is 0 Å². The van der Waals surface area contributed by atoms with Crippen LogP contribution in [0, 0.1) is 0 Å². The molecule has 0 spiro atoms. The van der Waals surface area contributed by atoms with Gasteiger partial charge in [-0.1, -0.05) is 6.08 Å². The van der Waals surface area contributed by atoms with Crippen molar-refractivity contribution in [1.29, 1.82) is 0 Å². The van der Waals surface area contributed by atoms with Crippen molar-refractivity contribution >= 4 is 11.3 Å². The van der Waals surface area contributed by atoms with Gasteiger partial charge in [-0.3, -0.25) is 4.98 Å². The van der Waals surface area contributed by atoms with Crippen LogP contribution >= 0.6 is 0 Å². The third-order valence-corrected chi connectivity index (χ3v) is 2.42. The van der Waals surface area contributed by atoms with Crippen molar-refractivity contribution in [3.63, 3.8) is 0 Å². The number of aromatic nitrogens is 1. The maximum atomic E-state index is 4.40. The fourth-order valence-electron chi connectivity index (χ4n) is 1.75. The van der Waals surface area contributed by atoms with Crippen molar-refractivity contribution in [1.82, 2.24) is 4.98 Å². The number of nitrogens with zero attached hydrogens (tertiary/aromatic N) is 1. The normalized spacial score (nSPS) is 15.6. The summed E-state index contributed by atoms with van der Waals surface area (Å²) in [6.45, 7) is 0. The van der Waals surface area contributed by atoms with E-state index in [1.54, 1.807) is 0 Å². The van der Waals surface area contributed by atoms with Gasteiger partial charge in [-0.15, -0.1) is 0 Å². The Kier molecular flexibility index (Phi) is 2.30. The van der Waals surface area contributed by atoms with E-state index in [9.17, 15) is 0 Å². The monoisotopic (exact) mass is 174 g/mol. The van der Waals surface area contributed by atoms with Gasteiger partial charge in [0.25, 0.3) is 0 Å². The van der Waals surface area contributed by atoms with Gasteiger partial charge in [-0.25, -0.2) is 0 Å². The minimum Gasteiger partial charge on any atom is -0.386 e. The summed E-state index contributed by atoms with van der Waals surface area (Å²) in [5.41, 5.74) is 3.66. The Morgan fingerprint density at radius 2 is 2.38 bits per heavy atom. The zero-order valence-corrected chi connectivity index (χ0v) is 7.88. The Bertz CT molecular complexity index is 329. The molecule has 1 aliphatic carbocycles. The van der Waals surface area contributed by atoms with E-state index in [4.69, 9.17) is 0 Å². The van der Waals surface area contributed by atoms with E-state index < -0.39 is 0 Å². The fourth-order valence-corrected chi connectivity index (χ4v) is 1.75. The molecule has 1 N–H and O–H groups in total. The lowest BCUT2D eigenvalue weighted by atomic mass is 10.1. The van der Waals surface area contributed by atoms with Crippen LogP contribution in [0.4, 0.5) is 5.69 Å². The highest BCUT2D eigenvalue weighted by Crippen LogP contribution is 2.30. The minimum absolute atomic E-state index is 1.13. The molecule has 0 bridgehead atoms. The molecule has 0 aromatic carbocycles. The van der Waals surface area contributed by atoms with E-state index in [-0.39, 0.29) is 0 Å². The highest BCUT2D eigenvalue weighted by Gasteiger charge is 2.11. The number of anilines is 1. The van der Waals surface area contributed by atoms with E-state index in [1.807, 2.05) is 19.3 Å². The first-order valence-electron chi connectivity index (χ1n) is 4.74. The second kappa shape index (κ2) is 3.60. The van der Waals surface area contributed by atoms with Crippen LogP contribution in [-0.4, -0.2) is 12.0 Å². The summed E-state index contributed by atoms with van der Waals surface area (Å²) in [5.74, 6) is 0. The van der Waals surface area contributed by atoms with Gasteiger partial charge in [0, 0.05) is 13.2 Å². The van der Waals surface area contributed by atoms with Crippen LogP contribution in [0.25, 0.3) is 5.57 Å². The van der Waals surface area contributed by atoms with Crippen LogP contribution in [0.2, 0.25) is 0 Å². The second-order valence-electron chi connectivity index (χ2n) is 3.27. The Labute approximate surface area is 78.7 Å². The van der Waals surface area contributed by atoms with E-state index in [2.05, 4.69) is 22.4 Å². The standard InChI is InChI=1S/C11H14N2/c1-12-10-7-4-8-13-11(10)9-5-2-3-6-9/h4-5,7-8,12H,2-3,6H2,1H3. The lowest BCUT2D eigenvalue weighted by Crippen LogP contribution is -1.96. The molecule has 0 aliphatic heterocycles. The summed E-state index contributed by atoms with van der Waals surface area (Å²) in [6, 6.07) is 4.03. The van der Waals surface area contributed by atoms with Crippen LogP contribution in [0.5, 0.6) is 0 Å². The van der Waals surface area contributed by atoms with Gasteiger partial charge in [-0.05, 0) is 37.0 Å². The molecule has 2 rings (SSSR count). The molecule has 68 valence electrons. The predicted octanol–water partition coefficient (Wildman–Crippen LogP) is 2.69. The van der Waals surface area contributed by atoms with Crippen molar-refractivity contribution in [2.45, 2.75) is 19.3 Å². The molecule has 0 saturated carbocycles. The maximum Gasteiger partial charge on any atom is 0.0889 e. The molecule has 1 heterocycles. The molecule has 1 aromatic heterocycles. The molecular formula is C11H14N2. The van der Waals surface area contributed by atoms with Crippen molar-refractivity contribution in [3.05, 3.63) is 30.1 Å². The second-order valence-corrected chi connectivity index (χ2v) is 3.27. The minimum atomic E-state index is 1.13. The lowest BCUT2D eigenvalue weighted by Gasteiger charge is -2.07. The van der Waals surface area contributed by atoms with Crippen LogP contribution < -0.4 is 5.32 Å². The molecule has 0 radical (unpaired) electrons. The molecule has 2 heteroatoms. The summed E-state index contributed by atoms with van der Waals surface area (Å²) >= 11 is 0. The summed E-state index contributed by atoms with van der Waals surface area (Å²) in [5, 5.41) is 3.17. The largest absolute Gasteiger partial charge is 0.386 e. The quantitative estimate of drug-likeness (QED) is 0.745. The molecule has 0 amide bonds. The number of hydrogen-bond donors (Lipinski definition) is 1. The van der Waals surface area contributed by atoms with E-state index in [0.717, 1.165) is 11.4 Å². The topological polar surface area (TPSA) is 24.9 Å². The van der Waals surface area contributed by atoms with E-state index in [0.29, 0.717) is 0 Å². The number of hydrogen-bond acceptors (Lipinski definition) is 2. The van der Waals surface area contributed by atoms with E-state index in [1.165, 1.54) is 24.8 Å². The lowest BCUT2D eigenvalue weighted by molar-refractivity contribution is 0.933. The maximum absolute atomic E-state index is 4.40.